The van der Waals surface area contributed by atoms with Gasteiger partial charge in [0.15, 0.2) is 5.82 Å². The molecule has 2 N–H and O–H groups in total. The van der Waals surface area contributed by atoms with Gasteiger partial charge in [-0.25, -0.2) is 0 Å². The van der Waals surface area contributed by atoms with Crippen LogP contribution in [0.1, 0.15) is 25.2 Å². The lowest BCUT2D eigenvalue weighted by Crippen LogP contribution is -2.39. The van der Waals surface area contributed by atoms with E-state index in [1.54, 1.807) is 0 Å². The van der Waals surface area contributed by atoms with Crippen molar-refractivity contribution < 1.29 is 14.0 Å². The minimum atomic E-state index is -0.766. The molecule has 1 aliphatic heterocycles. The van der Waals surface area contributed by atoms with E-state index in [1.165, 1.54) is 0 Å². The molecule has 21 heavy (non-hydrogen) atoms. The summed E-state index contributed by atoms with van der Waals surface area (Å²) in [7, 11) is 0. The van der Waals surface area contributed by atoms with E-state index in [1.807, 2.05) is 32.0 Å². The molecule has 0 amide bonds. The second-order valence-corrected chi connectivity index (χ2v) is 5.40. The van der Waals surface area contributed by atoms with Gasteiger partial charge < -0.3 is 19.7 Å². The predicted octanol–water partition coefficient (Wildman–Crippen LogP) is 1.88. The van der Waals surface area contributed by atoms with Crippen LogP contribution in [0.2, 0.25) is 0 Å². The van der Waals surface area contributed by atoms with Gasteiger partial charge in [-0.15, -0.1) is 0 Å². The molecule has 3 rings (SSSR count). The second-order valence-electron chi connectivity index (χ2n) is 5.40. The quantitative estimate of drug-likeness (QED) is 0.905. The molecule has 0 aliphatic carbocycles. The highest BCUT2D eigenvalue weighted by Gasteiger charge is 2.28. The van der Waals surface area contributed by atoms with Crippen molar-refractivity contribution in [2.75, 3.05) is 19.8 Å². The third-order valence-electron chi connectivity index (χ3n) is 3.48. The van der Waals surface area contributed by atoms with Gasteiger partial charge >= 0.3 is 0 Å². The molecule has 1 aliphatic rings. The van der Waals surface area contributed by atoms with Crippen molar-refractivity contribution in [3.05, 3.63) is 29.6 Å². The fourth-order valence-corrected chi connectivity index (χ4v) is 2.27. The maximum Gasteiger partial charge on any atom is 0.258 e. The lowest BCUT2D eigenvalue weighted by molar-refractivity contribution is 0.0962. The Morgan fingerprint density at radius 3 is 3.10 bits per heavy atom. The largest absolute Gasteiger partial charge is 0.493 e. The first-order valence-electron chi connectivity index (χ1n) is 7.07. The minimum Gasteiger partial charge on any atom is -0.493 e. The predicted molar refractivity (Wildman–Crippen MR) is 77.0 cm³/mol. The number of benzene rings is 1. The Bertz CT molecular complexity index is 637. The molecule has 6 heteroatoms. The molecule has 0 fully saturated rings. The number of rotatable bonds is 5. The summed E-state index contributed by atoms with van der Waals surface area (Å²) in [5.41, 5.74) is 7.45. The van der Waals surface area contributed by atoms with E-state index in [2.05, 4.69) is 10.1 Å². The summed E-state index contributed by atoms with van der Waals surface area (Å²) < 4.78 is 16.2. The highest BCUT2D eigenvalue weighted by atomic mass is 16.5. The average molecular weight is 289 g/mol. The molecule has 1 unspecified atom stereocenters. The van der Waals surface area contributed by atoms with Gasteiger partial charge in [-0.05, 0) is 37.6 Å². The van der Waals surface area contributed by atoms with Crippen molar-refractivity contribution in [1.82, 2.24) is 10.1 Å². The van der Waals surface area contributed by atoms with E-state index in [-0.39, 0.29) is 0 Å². The molecule has 0 bridgehead atoms. The van der Waals surface area contributed by atoms with E-state index in [0.29, 0.717) is 24.9 Å². The van der Waals surface area contributed by atoms with E-state index in [0.717, 1.165) is 29.9 Å². The zero-order valence-electron chi connectivity index (χ0n) is 12.3. The number of hydrogen-bond donors (Lipinski definition) is 1. The summed E-state index contributed by atoms with van der Waals surface area (Å²) >= 11 is 0. The summed E-state index contributed by atoms with van der Waals surface area (Å²) in [5, 5.41) is 3.99. The van der Waals surface area contributed by atoms with E-state index in [4.69, 9.17) is 19.7 Å². The zero-order valence-corrected chi connectivity index (χ0v) is 12.3. The smallest absolute Gasteiger partial charge is 0.258 e. The highest BCUT2D eigenvalue weighted by Crippen LogP contribution is 2.30. The summed E-state index contributed by atoms with van der Waals surface area (Å²) in [6, 6.07) is 5.87. The molecule has 1 aromatic carbocycles. The topological polar surface area (TPSA) is 83.4 Å². The Balaban J connectivity index is 1.84. The van der Waals surface area contributed by atoms with Crippen molar-refractivity contribution in [1.29, 1.82) is 0 Å². The van der Waals surface area contributed by atoms with Crippen LogP contribution in [0, 0.1) is 0 Å². The molecule has 112 valence electrons. The van der Waals surface area contributed by atoms with Crippen LogP contribution in [0.4, 0.5) is 0 Å². The van der Waals surface area contributed by atoms with Gasteiger partial charge in [0.25, 0.3) is 5.89 Å². The van der Waals surface area contributed by atoms with Crippen LogP contribution < -0.4 is 10.5 Å². The lowest BCUT2D eigenvalue weighted by Gasteiger charge is -2.19. The lowest BCUT2D eigenvalue weighted by atomic mass is 10.1. The molecule has 2 heterocycles. The standard InChI is InChI=1S/C15H19N3O3/c1-3-19-9-15(2,16)14-17-13(21-18-14)11-4-5-12-10(8-11)6-7-20-12/h4-5,8H,3,6-7,9,16H2,1-2H3. The Kier molecular flexibility index (Phi) is 3.65. The number of nitrogens with zero attached hydrogens (tertiary/aromatic N) is 2. The number of hydrogen-bond acceptors (Lipinski definition) is 6. The summed E-state index contributed by atoms with van der Waals surface area (Å²) in [5.74, 6) is 1.84. The number of nitrogens with two attached hydrogens (primary N) is 1. The van der Waals surface area contributed by atoms with Gasteiger partial charge in [0.1, 0.15) is 11.3 Å². The van der Waals surface area contributed by atoms with Crippen LogP contribution in [0.15, 0.2) is 22.7 Å². The van der Waals surface area contributed by atoms with Crippen LogP contribution in [-0.2, 0) is 16.7 Å². The second kappa shape index (κ2) is 5.46. The van der Waals surface area contributed by atoms with Crippen molar-refractivity contribution in [3.8, 4) is 17.2 Å². The normalized spacial score (nSPS) is 16.3. The third-order valence-corrected chi connectivity index (χ3v) is 3.48. The van der Waals surface area contributed by atoms with Gasteiger partial charge in [-0.3, -0.25) is 0 Å². The fraction of sp³-hybridized carbons (Fsp3) is 0.467. The minimum absolute atomic E-state index is 0.348. The van der Waals surface area contributed by atoms with Crippen LogP contribution in [0.5, 0.6) is 5.75 Å². The molecule has 0 saturated carbocycles. The van der Waals surface area contributed by atoms with Gasteiger partial charge in [-0.1, -0.05) is 5.16 Å². The fourth-order valence-electron chi connectivity index (χ4n) is 2.27. The van der Waals surface area contributed by atoms with Crippen molar-refractivity contribution >= 4 is 0 Å². The van der Waals surface area contributed by atoms with E-state index >= 15 is 0 Å². The van der Waals surface area contributed by atoms with Gasteiger partial charge in [0, 0.05) is 18.6 Å². The Labute approximate surface area is 123 Å². The van der Waals surface area contributed by atoms with Crippen molar-refractivity contribution in [2.24, 2.45) is 5.73 Å². The van der Waals surface area contributed by atoms with Gasteiger partial charge in [0.2, 0.25) is 0 Å². The van der Waals surface area contributed by atoms with Gasteiger partial charge in [-0.2, -0.15) is 4.98 Å². The van der Waals surface area contributed by atoms with E-state index in [9.17, 15) is 0 Å². The number of fused-ring (bicyclic) bond motifs is 1. The van der Waals surface area contributed by atoms with Crippen molar-refractivity contribution in [3.63, 3.8) is 0 Å². The average Bonchev–Trinajstić information content (AvgIpc) is 3.13. The van der Waals surface area contributed by atoms with Crippen LogP contribution in [-0.4, -0.2) is 30.0 Å². The number of aromatic nitrogens is 2. The Morgan fingerprint density at radius 2 is 2.29 bits per heavy atom. The summed E-state index contributed by atoms with van der Waals surface area (Å²) in [4.78, 5) is 4.41. The first-order chi connectivity index (χ1) is 10.1. The molecule has 0 saturated heterocycles. The first-order valence-corrected chi connectivity index (χ1v) is 7.07. The maximum absolute atomic E-state index is 6.18. The molecule has 6 nitrogen and oxygen atoms in total. The molecule has 1 atom stereocenters. The van der Waals surface area contributed by atoms with Crippen LogP contribution >= 0.6 is 0 Å². The summed E-state index contributed by atoms with van der Waals surface area (Å²) in [6.07, 6.45) is 0.906. The van der Waals surface area contributed by atoms with Gasteiger partial charge in [0.05, 0.1) is 13.2 Å². The Hall–Kier alpha value is -1.92. The number of ether oxygens (including phenoxy) is 2. The highest BCUT2D eigenvalue weighted by molar-refractivity contribution is 5.58. The van der Waals surface area contributed by atoms with Crippen molar-refractivity contribution in [2.45, 2.75) is 25.8 Å². The maximum atomic E-state index is 6.18. The third kappa shape index (κ3) is 2.77. The molecular weight excluding hydrogens is 270 g/mol. The monoisotopic (exact) mass is 289 g/mol. The molecule has 0 spiro atoms. The summed E-state index contributed by atoms with van der Waals surface area (Å²) in [6.45, 7) is 5.42. The van der Waals surface area contributed by atoms with E-state index < -0.39 is 5.54 Å². The molecule has 2 aromatic rings. The molecule has 1 aromatic heterocycles. The first kappa shape index (κ1) is 14.0. The molecular formula is C15H19N3O3. The molecule has 0 radical (unpaired) electrons. The van der Waals surface area contributed by atoms with Crippen LogP contribution in [0.3, 0.4) is 0 Å². The van der Waals surface area contributed by atoms with Crippen LogP contribution in [0.25, 0.3) is 11.5 Å². The Morgan fingerprint density at radius 1 is 1.43 bits per heavy atom. The zero-order chi connectivity index (χ0) is 14.9. The SMILES string of the molecule is CCOCC(C)(N)c1noc(-c2ccc3c(c2)CCO3)n1.